The number of rotatable bonds is 6. The van der Waals surface area contributed by atoms with Crippen LogP contribution in [0.1, 0.15) is 33.6 Å². The zero-order chi connectivity index (χ0) is 9.56. The van der Waals surface area contributed by atoms with Crippen molar-refractivity contribution in [1.29, 1.82) is 0 Å². The van der Waals surface area contributed by atoms with E-state index in [1.807, 2.05) is 7.05 Å². The second-order valence-electron chi connectivity index (χ2n) is 3.27. The average molecular weight is 171 g/mol. The van der Waals surface area contributed by atoms with E-state index in [0.717, 1.165) is 18.6 Å². The molecule has 0 aliphatic carbocycles. The standard InChI is InChI=1S/C10H21NO/c1-6-9(3)12-10(4)7-8(2)11-5/h8-9,11H,4,6-7H2,1-3,5H3. The molecular weight excluding hydrogens is 150 g/mol. The van der Waals surface area contributed by atoms with Crippen molar-refractivity contribution in [3.8, 4) is 0 Å². The smallest absolute Gasteiger partial charge is 0.0951 e. The van der Waals surface area contributed by atoms with E-state index in [0.29, 0.717) is 12.1 Å². The summed E-state index contributed by atoms with van der Waals surface area (Å²) in [7, 11) is 1.95. The Bertz CT molecular complexity index is 120. The van der Waals surface area contributed by atoms with Gasteiger partial charge in [0.1, 0.15) is 0 Å². The lowest BCUT2D eigenvalue weighted by molar-refractivity contribution is 0.119. The van der Waals surface area contributed by atoms with Crippen LogP contribution in [0.3, 0.4) is 0 Å². The van der Waals surface area contributed by atoms with Crippen molar-refractivity contribution in [2.24, 2.45) is 0 Å². The second kappa shape index (κ2) is 6.06. The maximum Gasteiger partial charge on any atom is 0.0951 e. The van der Waals surface area contributed by atoms with Crippen molar-refractivity contribution in [3.63, 3.8) is 0 Å². The third-order valence-electron chi connectivity index (χ3n) is 1.97. The minimum absolute atomic E-state index is 0.293. The van der Waals surface area contributed by atoms with Crippen LogP contribution in [0, 0.1) is 0 Å². The van der Waals surface area contributed by atoms with Crippen LogP contribution in [0.5, 0.6) is 0 Å². The maximum absolute atomic E-state index is 5.54. The summed E-state index contributed by atoms with van der Waals surface area (Å²) in [6, 6.07) is 0.446. The van der Waals surface area contributed by atoms with E-state index in [-0.39, 0.29) is 0 Å². The molecule has 0 radical (unpaired) electrons. The fraction of sp³-hybridized carbons (Fsp3) is 0.800. The molecule has 0 amide bonds. The van der Waals surface area contributed by atoms with Gasteiger partial charge in [0.2, 0.25) is 0 Å². The van der Waals surface area contributed by atoms with Gasteiger partial charge in [-0.1, -0.05) is 13.5 Å². The van der Waals surface area contributed by atoms with Gasteiger partial charge in [0.25, 0.3) is 0 Å². The Balaban J connectivity index is 3.59. The summed E-state index contributed by atoms with van der Waals surface area (Å²) >= 11 is 0. The van der Waals surface area contributed by atoms with Crippen LogP contribution in [0.25, 0.3) is 0 Å². The number of nitrogens with one attached hydrogen (secondary N) is 1. The molecular formula is C10H21NO. The number of ether oxygens (including phenoxy) is 1. The van der Waals surface area contributed by atoms with Crippen molar-refractivity contribution >= 4 is 0 Å². The molecule has 0 aromatic heterocycles. The van der Waals surface area contributed by atoms with Gasteiger partial charge in [-0.15, -0.1) is 0 Å². The van der Waals surface area contributed by atoms with Gasteiger partial charge in [-0.05, 0) is 27.3 Å². The molecule has 0 aromatic carbocycles. The quantitative estimate of drug-likeness (QED) is 0.619. The molecule has 0 saturated carbocycles. The molecule has 0 aliphatic rings. The lowest BCUT2D eigenvalue weighted by atomic mass is 10.2. The Hall–Kier alpha value is -0.500. The van der Waals surface area contributed by atoms with Gasteiger partial charge < -0.3 is 10.1 Å². The highest BCUT2D eigenvalue weighted by atomic mass is 16.5. The van der Waals surface area contributed by atoms with Crippen molar-refractivity contribution in [2.75, 3.05) is 7.05 Å². The van der Waals surface area contributed by atoms with Crippen molar-refractivity contribution in [2.45, 2.75) is 45.8 Å². The number of hydrogen-bond acceptors (Lipinski definition) is 2. The molecule has 0 saturated heterocycles. The molecule has 0 rings (SSSR count). The van der Waals surface area contributed by atoms with Gasteiger partial charge in [0.15, 0.2) is 0 Å². The van der Waals surface area contributed by atoms with Gasteiger partial charge in [-0.25, -0.2) is 0 Å². The molecule has 0 fully saturated rings. The van der Waals surface area contributed by atoms with E-state index in [2.05, 4.69) is 32.7 Å². The van der Waals surface area contributed by atoms with Crippen LogP contribution in [0.4, 0.5) is 0 Å². The Morgan fingerprint density at radius 2 is 2.08 bits per heavy atom. The molecule has 72 valence electrons. The van der Waals surface area contributed by atoms with Crippen LogP contribution in [-0.4, -0.2) is 19.2 Å². The SMILES string of the molecule is C=C(CC(C)NC)OC(C)CC. The summed E-state index contributed by atoms with van der Waals surface area (Å²) in [5.41, 5.74) is 0. The summed E-state index contributed by atoms with van der Waals surface area (Å²) in [5, 5.41) is 3.15. The summed E-state index contributed by atoms with van der Waals surface area (Å²) < 4.78 is 5.54. The molecule has 12 heavy (non-hydrogen) atoms. The first kappa shape index (κ1) is 11.5. The highest BCUT2D eigenvalue weighted by molar-refractivity contribution is 4.87. The van der Waals surface area contributed by atoms with Gasteiger partial charge in [-0.2, -0.15) is 0 Å². The van der Waals surface area contributed by atoms with E-state index in [1.165, 1.54) is 0 Å². The first-order valence-corrected chi connectivity index (χ1v) is 4.61. The normalized spacial score (nSPS) is 15.3. The van der Waals surface area contributed by atoms with Crippen LogP contribution in [-0.2, 0) is 4.74 Å². The van der Waals surface area contributed by atoms with Gasteiger partial charge in [0.05, 0.1) is 11.9 Å². The van der Waals surface area contributed by atoms with E-state index in [1.54, 1.807) is 0 Å². The van der Waals surface area contributed by atoms with Crippen molar-refractivity contribution in [3.05, 3.63) is 12.3 Å². The summed E-state index contributed by atoms with van der Waals surface area (Å²) in [6.07, 6.45) is 2.22. The minimum Gasteiger partial charge on any atom is -0.496 e. The zero-order valence-corrected chi connectivity index (χ0v) is 8.68. The van der Waals surface area contributed by atoms with Crippen molar-refractivity contribution < 1.29 is 4.74 Å². The zero-order valence-electron chi connectivity index (χ0n) is 8.68. The molecule has 2 heteroatoms. The van der Waals surface area contributed by atoms with Gasteiger partial charge >= 0.3 is 0 Å². The Morgan fingerprint density at radius 3 is 2.50 bits per heavy atom. The summed E-state index contributed by atoms with van der Waals surface area (Å²) in [5.74, 6) is 0.881. The molecule has 2 unspecified atom stereocenters. The van der Waals surface area contributed by atoms with Crippen LogP contribution < -0.4 is 5.32 Å². The third kappa shape index (κ3) is 5.19. The Labute approximate surface area is 76.0 Å². The van der Waals surface area contributed by atoms with Crippen LogP contribution >= 0.6 is 0 Å². The molecule has 0 heterocycles. The number of hydrogen-bond donors (Lipinski definition) is 1. The average Bonchev–Trinajstić information content (AvgIpc) is 2.03. The third-order valence-corrected chi connectivity index (χ3v) is 1.97. The molecule has 0 spiro atoms. The fourth-order valence-corrected chi connectivity index (χ4v) is 0.860. The minimum atomic E-state index is 0.293. The monoisotopic (exact) mass is 171 g/mol. The molecule has 0 aliphatic heterocycles. The lowest BCUT2D eigenvalue weighted by Gasteiger charge is -2.17. The summed E-state index contributed by atoms with van der Waals surface area (Å²) in [4.78, 5) is 0. The summed E-state index contributed by atoms with van der Waals surface area (Å²) in [6.45, 7) is 10.2. The highest BCUT2D eigenvalue weighted by Crippen LogP contribution is 2.09. The largest absolute Gasteiger partial charge is 0.496 e. The van der Waals surface area contributed by atoms with Gasteiger partial charge in [-0.3, -0.25) is 0 Å². The topological polar surface area (TPSA) is 21.3 Å². The maximum atomic E-state index is 5.54. The predicted octanol–water partition coefficient (Wildman–Crippen LogP) is 2.31. The molecule has 1 N–H and O–H groups in total. The van der Waals surface area contributed by atoms with E-state index in [4.69, 9.17) is 4.74 Å². The first-order chi connectivity index (χ1) is 5.60. The predicted molar refractivity (Wildman–Crippen MR) is 53.1 cm³/mol. The Morgan fingerprint density at radius 1 is 1.50 bits per heavy atom. The molecule has 0 bridgehead atoms. The van der Waals surface area contributed by atoms with E-state index in [9.17, 15) is 0 Å². The van der Waals surface area contributed by atoms with Crippen LogP contribution in [0.15, 0.2) is 12.3 Å². The van der Waals surface area contributed by atoms with Crippen molar-refractivity contribution in [1.82, 2.24) is 5.32 Å². The fourth-order valence-electron chi connectivity index (χ4n) is 0.860. The second-order valence-corrected chi connectivity index (χ2v) is 3.27. The molecule has 2 atom stereocenters. The molecule has 2 nitrogen and oxygen atoms in total. The van der Waals surface area contributed by atoms with E-state index >= 15 is 0 Å². The first-order valence-electron chi connectivity index (χ1n) is 4.61. The molecule has 0 aromatic rings. The Kier molecular flexibility index (Phi) is 5.81. The highest BCUT2D eigenvalue weighted by Gasteiger charge is 2.05. The lowest BCUT2D eigenvalue weighted by Crippen LogP contribution is -2.22. The van der Waals surface area contributed by atoms with Crippen LogP contribution in [0.2, 0.25) is 0 Å². The van der Waals surface area contributed by atoms with E-state index < -0.39 is 0 Å². The van der Waals surface area contributed by atoms with Gasteiger partial charge in [0, 0.05) is 12.5 Å².